The van der Waals surface area contributed by atoms with E-state index in [1.54, 1.807) is 0 Å². The number of halogens is 3. The second kappa shape index (κ2) is 8.09. The molecule has 1 heterocycles. The number of aliphatic hydroxyl groups is 2. The van der Waals surface area contributed by atoms with Crippen LogP contribution in [0.3, 0.4) is 0 Å². The van der Waals surface area contributed by atoms with E-state index in [9.17, 15) is 23.4 Å². The van der Waals surface area contributed by atoms with E-state index in [0.717, 1.165) is 38.5 Å². The van der Waals surface area contributed by atoms with E-state index in [-0.39, 0.29) is 24.2 Å². The lowest BCUT2D eigenvalue weighted by Gasteiger charge is -2.62. The Morgan fingerprint density at radius 3 is 2.33 bits per heavy atom. The second-order valence-electron chi connectivity index (χ2n) is 13.1. The fourth-order valence-electron chi connectivity index (χ4n) is 9.56. The minimum Gasteiger partial charge on any atom is -0.387 e. The second-order valence-corrected chi connectivity index (χ2v) is 13.1. The number of rotatable bonds is 4. The van der Waals surface area contributed by atoms with Gasteiger partial charge in [-0.25, -0.2) is 0 Å². The molecule has 0 aromatic carbocycles. The Morgan fingerprint density at radius 1 is 0.879 bits per heavy atom. The van der Waals surface area contributed by atoms with E-state index in [4.69, 9.17) is 4.74 Å². The van der Waals surface area contributed by atoms with Crippen molar-refractivity contribution in [3.8, 4) is 0 Å². The van der Waals surface area contributed by atoms with Gasteiger partial charge in [-0.15, -0.1) is 0 Å². The summed E-state index contributed by atoms with van der Waals surface area (Å²) in [6.45, 7) is 5.90. The quantitative estimate of drug-likeness (QED) is 0.508. The molecule has 0 aromatic heterocycles. The predicted octanol–water partition coefficient (Wildman–Crippen LogP) is 6.26. The molecule has 0 spiro atoms. The summed E-state index contributed by atoms with van der Waals surface area (Å²) >= 11 is 0. The Kier molecular flexibility index (Phi) is 5.98. The summed E-state index contributed by atoms with van der Waals surface area (Å²) < 4.78 is 46.1. The van der Waals surface area contributed by atoms with Crippen LogP contribution in [0.1, 0.15) is 97.3 Å². The Hall–Kier alpha value is -0.330. The van der Waals surface area contributed by atoms with Gasteiger partial charge in [-0.1, -0.05) is 20.3 Å². The third-order valence-electron chi connectivity index (χ3n) is 11.7. The number of fused-ring (bicyclic) bond motifs is 5. The van der Waals surface area contributed by atoms with Gasteiger partial charge >= 0.3 is 6.18 Å². The van der Waals surface area contributed by atoms with E-state index >= 15 is 0 Å². The summed E-state index contributed by atoms with van der Waals surface area (Å²) in [4.78, 5) is 0. The van der Waals surface area contributed by atoms with Gasteiger partial charge in [-0.05, 0) is 111 Å². The maximum absolute atomic E-state index is 13.6. The molecule has 0 bridgehead atoms. The Bertz CT molecular complexity index is 735. The monoisotopic (exact) mass is 472 g/mol. The number of ether oxygens (including phenoxy) is 1. The van der Waals surface area contributed by atoms with Crippen LogP contribution in [-0.2, 0) is 4.74 Å². The van der Waals surface area contributed by atoms with E-state index in [2.05, 4.69) is 13.8 Å². The Labute approximate surface area is 196 Å². The van der Waals surface area contributed by atoms with Crippen molar-refractivity contribution in [3.63, 3.8) is 0 Å². The minimum atomic E-state index is -4.52. The van der Waals surface area contributed by atoms with E-state index in [1.165, 1.54) is 25.7 Å². The molecule has 6 heteroatoms. The van der Waals surface area contributed by atoms with Gasteiger partial charge in [-0.3, -0.25) is 0 Å². The first-order chi connectivity index (χ1) is 15.4. The standard InChI is InChI=1S/C27H43F3O3/c1-23-11-9-22-20(7-5-19-16-26(32,27(28,29)30)13-12-24(19,22)2)21(23)8-6-18(23)4-3-10-25(31)14-15-33-17-25/h18-22,31-32H,3-17H2,1-2H3/t18-,19+,20+,21+,22+,23-,24+,25+,26+/m1/s1. The van der Waals surface area contributed by atoms with Gasteiger partial charge in [0.1, 0.15) is 0 Å². The summed E-state index contributed by atoms with van der Waals surface area (Å²) in [5.74, 6) is 2.48. The third kappa shape index (κ3) is 3.89. The van der Waals surface area contributed by atoms with Crippen LogP contribution in [0.25, 0.3) is 0 Å². The van der Waals surface area contributed by atoms with Crippen LogP contribution in [0.4, 0.5) is 13.2 Å². The summed E-state index contributed by atoms with van der Waals surface area (Å²) in [6.07, 6.45) is 6.24. The van der Waals surface area contributed by atoms with Gasteiger partial charge < -0.3 is 14.9 Å². The molecule has 1 saturated heterocycles. The van der Waals surface area contributed by atoms with Gasteiger partial charge in [0.15, 0.2) is 5.60 Å². The van der Waals surface area contributed by atoms with Crippen LogP contribution < -0.4 is 0 Å². The van der Waals surface area contributed by atoms with Gasteiger partial charge in [0, 0.05) is 13.0 Å². The first-order valence-electron chi connectivity index (χ1n) is 13.5. The molecule has 33 heavy (non-hydrogen) atoms. The van der Waals surface area contributed by atoms with Crippen LogP contribution in [0.15, 0.2) is 0 Å². The van der Waals surface area contributed by atoms with Gasteiger partial charge in [0.05, 0.1) is 12.2 Å². The van der Waals surface area contributed by atoms with E-state index in [0.29, 0.717) is 48.7 Å². The SMILES string of the molecule is C[C@]12CC[C@@](O)(C(F)(F)F)C[C@@H]1CC[C@@H]1[C@@H]2CC[C@]2(C)[C@H](CCC[C@]3(O)CCOC3)CC[C@@H]12. The largest absolute Gasteiger partial charge is 0.417 e. The highest BCUT2D eigenvalue weighted by atomic mass is 19.4. The molecular formula is C27H43F3O3. The first-order valence-corrected chi connectivity index (χ1v) is 13.5. The van der Waals surface area contributed by atoms with E-state index < -0.39 is 17.4 Å². The highest BCUT2D eigenvalue weighted by Gasteiger charge is 2.64. The maximum atomic E-state index is 13.6. The molecule has 0 aromatic rings. The smallest absolute Gasteiger partial charge is 0.387 e. The molecule has 0 amide bonds. The van der Waals surface area contributed by atoms with Crippen molar-refractivity contribution in [2.75, 3.05) is 13.2 Å². The lowest BCUT2D eigenvalue weighted by Crippen LogP contribution is -2.59. The lowest BCUT2D eigenvalue weighted by molar-refractivity contribution is -0.290. The fourth-order valence-corrected chi connectivity index (χ4v) is 9.56. The van der Waals surface area contributed by atoms with Gasteiger partial charge in [0.25, 0.3) is 0 Å². The van der Waals surface area contributed by atoms with Gasteiger partial charge in [0.2, 0.25) is 0 Å². The highest BCUT2D eigenvalue weighted by molar-refractivity contribution is 5.11. The number of hydrogen-bond acceptors (Lipinski definition) is 3. The number of hydrogen-bond donors (Lipinski definition) is 2. The van der Waals surface area contributed by atoms with Crippen molar-refractivity contribution < 1.29 is 28.1 Å². The first kappa shape index (κ1) is 24.4. The van der Waals surface area contributed by atoms with Crippen molar-refractivity contribution >= 4 is 0 Å². The topological polar surface area (TPSA) is 49.7 Å². The van der Waals surface area contributed by atoms with Crippen molar-refractivity contribution in [1.82, 2.24) is 0 Å². The fraction of sp³-hybridized carbons (Fsp3) is 1.00. The Morgan fingerprint density at radius 2 is 1.64 bits per heavy atom. The summed E-state index contributed by atoms with van der Waals surface area (Å²) in [6, 6.07) is 0. The molecule has 190 valence electrons. The number of alkyl halides is 3. The Balaban J connectivity index is 1.25. The minimum absolute atomic E-state index is 0.0185. The molecule has 5 aliphatic rings. The molecule has 1 aliphatic heterocycles. The van der Waals surface area contributed by atoms with Crippen molar-refractivity contribution in [3.05, 3.63) is 0 Å². The van der Waals surface area contributed by atoms with Crippen molar-refractivity contribution in [2.45, 2.75) is 115 Å². The average molecular weight is 473 g/mol. The third-order valence-corrected chi connectivity index (χ3v) is 11.7. The molecular weight excluding hydrogens is 429 g/mol. The van der Waals surface area contributed by atoms with Crippen LogP contribution >= 0.6 is 0 Å². The van der Waals surface area contributed by atoms with Crippen LogP contribution in [0, 0.1) is 40.4 Å². The molecule has 9 atom stereocenters. The van der Waals surface area contributed by atoms with Crippen LogP contribution in [-0.4, -0.2) is 40.8 Å². The molecule has 2 N–H and O–H groups in total. The molecule has 0 unspecified atom stereocenters. The maximum Gasteiger partial charge on any atom is 0.417 e. The molecule has 4 saturated carbocycles. The summed E-state index contributed by atoms with van der Waals surface area (Å²) in [5.41, 5.74) is -2.84. The summed E-state index contributed by atoms with van der Waals surface area (Å²) in [7, 11) is 0. The van der Waals surface area contributed by atoms with Gasteiger partial charge in [-0.2, -0.15) is 13.2 Å². The lowest BCUT2D eigenvalue weighted by atomic mass is 9.43. The van der Waals surface area contributed by atoms with Crippen LogP contribution in [0.2, 0.25) is 0 Å². The molecule has 4 aliphatic carbocycles. The van der Waals surface area contributed by atoms with Crippen molar-refractivity contribution in [2.24, 2.45) is 40.4 Å². The molecule has 5 rings (SSSR count). The highest BCUT2D eigenvalue weighted by Crippen LogP contribution is 2.69. The summed E-state index contributed by atoms with van der Waals surface area (Å²) in [5, 5.41) is 21.0. The zero-order valence-electron chi connectivity index (χ0n) is 20.4. The predicted molar refractivity (Wildman–Crippen MR) is 120 cm³/mol. The molecule has 3 nitrogen and oxygen atoms in total. The molecule has 0 radical (unpaired) electrons. The van der Waals surface area contributed by atoms with E-state index in [1.807, 2.05) is 0 Å². The zero-order valence-corrected chi connectivity index (χ0v) is 20.4. The van der Waals surface area contributed by atoms with Crippen molar-refractivity contribution in [1.29, 1.82) is 0 Å². The average Bonchev–Trinajstić information content (AvgIpc) is 3.31. The van der Waals surface area contributed by atoms with Crippen LogP contribution in [0.5, 0.6) is 0 Å². The zero-order chi connectivity index (χ0) is 23.7. The molecule has 5 fully saturated rings. The normalized spacial score (nSPS) is 52.3.